The lowest BCUT2D eigenvalue weighted by Crippen LogP contribution is -2.67. The normalized spacial score (nSPS) is 32.1. The van der Waals surface area contributed by atoms with E-state index in [1.165, 1.54) is 19.4 Å². The Balaban J connectivity index is 1.81. The number of likely N-dealkylation sites (tertiary alicyclic amines) is 1. The van der Waals surface area contributed by atoms with Crippen molar-refractivity contribution in [3.05, 3.63) is 0 Å². The Kier molecular flexibility index (Phi) is 3.85. The standard InChI is InChI=1S/C12H24N2O2/c1-10(11-5-4-6-13-7-11)14-8-12(9-14,15-2)16-3/h10-11,13H,4-9H2,1-3H3. The molecule has 2 aliphatic rings. The van der Waals surface area contributed by atoms with Crippen molar-refractivity contribution >= 4 is 0 Å². The van der Waals surface area contributed by atoms with E-state index in [-0.39, 0.29) is 5.79 Å². The third kappa shape index (κ3) is 2.25. The summed E-state index contributed by atoms with van der Waals surface area (Å²) in [5, 5.41) is 3.48. The Morgan fingerprint density at radius 3 is 2.50 bits per heavy atom. The van der Waals surface area contributed by atoms with Crippen LogP contribution in [0, 0.1) is 5.92 Å². The summed E-state index contributed by atoms with van der Waals surface area (Å²) in [4.78, 5) is 2.46. The number of hydrogen-bond acceptors (Lipinski definition) is 4. The maximum absolute atomic E-state index is 5.41. The molecular weight excluding hydrogens is 204 g/mol. The van der Waals surface area contributed by atoms with Gasteiger partial charge in [0.1, 0.15) is 0 Å². The van der Waals surface area contributed by atoms with E-state index in [0.717, 1.165) is 25.6 Å². The molecule has 2 fully saturated rings. The van der Waals surface area contributed by atoms with Gasteiger partial charge in [-0.05, 0) is 38.8 Å². The number of methoxy groups -OCH3 is 2. The van der Waals surface area contributed by atoms with Gasteiger partial charge in [0.05, 0.1) is 13.1 Å². The molecule has 4 nitrogen and oxygen atoms in total. The van der Waals surface area contributed by atoms with Gasteiger partial charge >= 0.3 is 0 Å². The van der Waals surface area contributed by atoms with Gasteiger partial charge in [0.2, 0.25) is 0 Å². The lowest BCUT2D eigenvalue weighted by molar-refractivity contribution is -0.283. The zero-order valence-corrected chi connectivity index (χ0v) is 10.7. The van der Waals surface area contributed by atoms with Crippen molar-refractivity contribution in [2.75, 3.05) is 40.4 Å². The Morgan fingerprint density at radius 1 is 1.31 bits per heavy atom. The first-order valence-corrected chi connectivity index (χ1v) is 6.26. The van der Waals surface area contributed by atoms with Crippen molar-refractivity contribution in [2.24, 2.45) is 5.92 Å². The third-order valence-corrected chi connectivity index (χ3v) is 4.23. The maximum Gasteiger partial charge on any atom is 0.193 e. The van der Waals surface area contributed by atoms with Crippen molar-refractivity contribution in [1.29, 1.82) is 0 Å². The lowest BCUT2D eigenvalue weighted by atomic mass is 9.89. The number of nitrogens with one attached hydrogen (secondary N) is 1. The van der Waals surface area contributed by atoms with Gasteiger partial charge in [-0.25, -0.2) is 0 Å². The highest BCUT2D eigenvalue weighted by Crippen LogP contribution is 2.30. The van der Waals surface area contributed by atoms with E-state index in [0.29, 0.717) is 6.04 Å². The highest BCUT2D eigenvalue weighted by atomic mass is 16.7. The van der Waals surface area contributed by atoms with Crippen LogP contribution in [0.4, 0.5) is 0 Å². The number of ether oxygens (including phenoxy) is 2. The number of nitrogens with zero attached hydrogens (tertiary/aromatic N) is 1. The average molecular weight is 228 g/mol. The van der Waals surface area contributed by atoms with Crippen LogP contribution < -0.4 is 5.32 Å². The summed E-state index contributed by atoms with van der Waals surface area (Å²) in [7, 11) is 3.46. The van der Waals surface area contributed by atoms with Crippen LogP contribution in [0.1, 0.15) is 19.8 Å². The predicted molar refractivity (Wildman–Crippen MR) is 63.4 cm³/mol. The van der Waals surface area contributed by atoms with Gasteiger partial charge in [0, 0.05) is 20.3 Å². The van der Waals surface area contributed by atoms with Crippen molar-refractivity contribution in [1.82, 2.24) is 10.2 Å². The van der Waals surface area contributed by atoms with Crippen LogP contribution in [0.15, 0.2) is 0 Å². The average Bonchev–Trinajstić information content (AvgIpc) is 2.30. The van der Waals surface area contributed by atoms with E-state index in [2.05, 4.69) is 17.1 Å². The molecule has 94 valence electrons. The minimum Gasteiger partial charge on any atom is -0.351 e. The number of rotatable bonds is 4. The molecule has 2 rings (SSSR count). The van der Waals surface area contributed by atoms with E-state index in [9.17, 15) is 0 Å². The number of piperidine rings is 1. The second-order valence-corrected chi connectivity index (χ2v) is 5.07. The van der Waals surface area contributed by atoms with Gasteiger partial charge in [0.25, 0.3) is 0 Å². The molecule has 0 aromatic rings. The molecule has 0 spiro atoms. The smallest absolute Gasteiger partial charge is 0.193 e. The zero-order valence-electron chi connectivity index (χ0n) is 10.7. The fourth-order valence-electron chi connectivity index (χ4n) is 2.79. The largest absolute Gasteiger partial charge is 0.351 e. The van der Waals surface area contributed by atoms with Crippen LogP contribution in [-0.4, -0.2) is 57.1 Å². The molecule has 1 N–H and O–H groups in total. The molecule has 16 heavy (non-hydrogen) atoms. The molecule has 2 heterocycles. The summed E-state index contributed by atoms with van der Waals surface area (Å²) in [5.74, 6) is 0.441. The van der Waals surface area contributed by atoms with E-state index in [1.807, 2.05) is 0 Å². The molecule has 2 aliphatic heterocycles. The summed E-state index contributed by atoms with van der Waals surface area (Å²) < 4.78 is 10.8. The van der Waals surface area contributed by atoms with Crippen LogP contribution in [0.2, 0.25) is 0 Å². The molecule has 2 atom stereocenters. The summed E-state index contributed by atoms with van der Waals surface area (Å²) in [6.07, 6.45) is 2.65. The molecule has 0 saturated carbocycles. The van der Waals surface area contributed by atoms with E-state index < -0.39 is 0 Å². The molecule has 0 bridgehead atoms. The molecular formula is C12H24N2O2. The van der Waals surface area contributed by atoms with Gasteiger partial charge in [-0.3, -0.25) is 4.90 Å². The first kappa shape index (κ1) is 12.3. The summed E-state index contributed by atoms with van der Waals surface area (Å²) in [6, 6.07) is 0.631. The second kappa shape index (κ2) is 5.00. The molecule has 0 aliphatic carbocycles. The topological polar surface area (TPSA) is 33.7 Å². The predicted octanol–water partition coefficient (Wildman–Crippen LogP) is 0.679. The molecule has 2 unspecified atom stereocenters. The monoisotopic (exact) mass is 228 g/mol. The molecule has 0 aromatic carbocycles. The van der Waals surface area contributed by atoms with Crippen molar-refractivity contribution < 1.29 is 9.47 Å². The van der Waals surface area contributed by atoms with E-state index >= 15 is 0 Å². The Labute approximate surface area is 98.3 Å². The van der Waals surface area contributed by atoms with Crippen LogP contribution in [0.3, 0.4) is 0 Å². The van der Waals surface area contributed by atoms with E-state index in [1.54, 1.807) is 14.2 Å². The van der Waals surface area contributed by atoms with Gasteiger partial charge in [-0.15, -0.1) is 0 Å². The van der Waals surface area contributed by atoms with E-state index in [4.69, 9.17) is 9.47 Å². The highest BCUT2D eigenvalue weighted by Gasteiger charge is 2.46. The first-order chi connectivity index (χ1) is 7.71. The maximum atomic E-state index is 5.41. The fourth-order valence-corrected chi connectivity index (χ4v) is 2.79. The van der Waals surface area contributed by atoms with Gasteiger partial charge in [-0.1, -0.05) is 0 Å². The highest BCUT2D eigenvalue weighted by molar-refractivity contribution is 4.94. The molecule has 0 amide bonds. The van der Waals surface area contributed by atoms with Crippen LogP contribution >= 0.6 is 0 Å². The molecule has 2 saturated heterocycles. The molecule has 0 aromatic heterocycles. The third-order valence-electron chi connectivity index (χ3n) is 4.23. The molecule has 4 heteroatoms. The SMILES string of the molecule is COC1(OC)CN(C(C)C2CCCNC2)C1. The van der Waals surface area contributed by atoms with Crippen LogP contribution in [0.5, 0.6) is 0 Å². The first-order valence-electron chi connectivity index (χ1n) is 6.26. The minimum atomic E-state index is -0.337. The molecule has 0 radical (unpaired) electrons. The minimum absolute atomic E-state index is 0.337. The summed E-state index contributed by atoms with van der Waals surface area (Å²) in [6.45, 7) is 6.47. The quantitative estimate of drug-likeness (QED) is 0.718. The second-order valence-electron chi connectivity index (χ2n) is 5.07. The summed E-state index contributed by atoms with van der Waals surface area (Å²) >= 11 is 0. The Morgan fingerprint density at radius 2 is 2.00 bits per heavy atom. The number of hydrogen-bond donors (Lipinski definition) is 1. The van der Waals surface area contributed by atoms with Crippen molar-refractivity contribution in [2.45, 2.75) is 31.6 Å². The van der Waals surface area contributed by atoms with Crippen molar-refractivity contribution in [3.8, 4) is 0 Å². The van der Waals surface area contributed by atoms with Gasteiger partial charge in [0.15, 0.2) is 5.79 Å². The summed E-state index contributed by atoms with van der Waals surface area (Å²) in [5.41, 5.74) is 0. The van der Waals surface area contributed by atoms with Gasteiger partial charge < -0.3 is 14.8 Å². The van der Waals surface area contributed by atoms with Gasteiger partial charge in [-0.2, -0.15) is 0 Å². The van der Waals surface area contributed by atoms with Crippen LogP contribution in [0.25, 0.3) is 0 Å². The van der Waals surface area contributed by atoms with Crippen molar-refractivity contribution in [3.63, 3.8) is 0 Å². The lowest BCUT2D eigenvalue weighted by Gasteiger charge is -2.52. The Hall–Kier alpha value is -0.160. The van der Waals surface area contributed by atoms with Crippen LogP contribution in [-0.2, 0) is 9.47 Å². The zero-order chi connectivity index (χ0) is 11.6. The Bertz CT molecular complexity index is 217. The fraction of sp³-hybridized carbons (Fsp3) is 1.00.